The fraction of sp³-hybridized carbons (Fsp3) is 0.200. The van der Waals surface area contributed by atoms with E-state index in [4.69, 9.17) is 16.3 Å². The lowest BCUT2D eigenvalue weighted by molar-refractivity contribution is -0.384. The highest BCUT2D eigenvalue weighted by atomic mass is 35.5. The van der Waals surface area contributed by atoms with E-state index in [1.165, 1.54) is 18.2 Å². The Kier molecular flexibility index (Phi) is 4.25. The van der Waals surface area contributed by atoms with Gasteiger partial charge >= 0.3 is 0 Å². The van der Waals surface area contributed by atoms with E-state index < -0.39 is 4.92 Å². The first kappa shape index (κ1) is 14.3. The molecule has 0 N–H and O–H groups in total. The summed E-state index contributed by atoms with van der Waals surface area (Å²) in [5, 5.41) is 11.2. The van der Waals surface area contributed by atoms with Crippen molar-refractivity contribution in [1.29, 1.82) is 0 Å². The minimum absolute atomic E-state index is 0.00830. The van der Waals surface area contributed by atoms with Crippen molar-refractivity contribution in [2.24, 2.45) is 0 Å². The minimum atomic E-state index is -0.447. The van der Waals surface area contributed by atoms with Crippen molar-refractivity contribution < 1.29 is 9.66 Å². The number of ether oxygens (including phenoxy) is 1. The van der Waals surface area contributed by atoms with Gasteiger partial charge in [0.05, 0.1) is 4.92 Å². The van der Waals surface area contributed by atoms with Gasteiger partial charge in [0.25, 0.3) is 5.69 Å². The van der Waals surface area contributed by atoms with Gasteiger partial charge in [-0.2, -0.15) is 0 Å². The largest absolute Gasteiger partial charge is 0.489 e. The van der Waals surface area contributed by atoms with Crippen LogP contribution in [0.25, 0.3) is 0 Å². The predicted octanol–water partition coefficient (Wildman–Crippen LogP) is 4.44. The molecule has 0 aliphatic rings. The van der Waals surface area contributed by atoms with Crippen molar-refractivity contribution in [3.05, 3.63) is 68.2 Å². The summed E-state index contributed by atoms with van der Waals surface area (Å²) >= 11 is 6.04. The molecule has 2 aromatic carbocycles. The van der Waals surface area contributed by atoms with Gasteiger partial charge in [-0.05, 0) is 37.1 Å². The monoisotopic (exact) mass is 291 g/mol. The summed E-state index contributed by atoms with van der Waals surface area (Å²) in [6, 6.07) is 10.1. The molecule has 0 unspecified atom stereocenters. The summed E-state index contributed by atoms with van der Waals surface area (Å²) in [5.41, 5.74) is 2.79. The molecule has 0 aliphatic heterocycles. The first-order valence-corrected chi connectivity index (χ1v) is 6.48. The van der Waals surface area contributed by atoms with Crippen LogP contribution in [0.4, 0.5) is 5.69 Å². The first-order valence-electron chi connectivity index (χ1n) is 6.11. The van der Waals surface area contributed by atoms with E-state index in [0.717, 1.165) is 16.9 Å². The van der Waals surface area contributed by atoms with E-state index in [0.29, 0.717) is 10.6 Å². The third kappa shape index (κ3) is 3.08. The maximum Gasteiger partial charge on any atom is 0.269 e. The zero-order valence-electron chi connectivity index (χ0n) is 11.2. The van der Waals surface area contributed by atoms with Gasteiger partial charge in [-0.1, -0.05) is 23.7 Å². The van der Waals surface area contributed by atoms with Crippen LogP contribution < -0.4 is 4.74 Å². The van der Waals surface area contributed by atoms with Gasteiger partial charge in [-0.25, -0.2) is 0 Å². The van der Waals surface area contributed by atoms with Crippen molar-refractivity contribution in [1.82, 2.24) is 0 Å². The SMILES string of the molecule is Cc1cccc(OCc2cc([N+](=O)[O-])ccc2Cl)c1C. The van der Waals surface area contributed by atoms with Gasteiger partial charge in [0.2, 0.25) is 0 Å². The van der Waals surface area contributed by atoms with Crippen LogP contribution in [0, 0.1) is 24.0 Å². The van der Waals surface area contributed by atoms with Crippen LogP contribution in [-0.4, -0.2) is 4.92 Å². The normalized spacial score (nSPS) is 10.3. The molecule has 0 bridgehead atoms. The molecule has 0 atom stereocenters. The number of hydrogen-bond donors (Lipinski definition) is 0. The molecule has 104 valence electrons. The number of nitro groups is 1. The van der Waals surface area contributed by atoms with Crippen LogP contribution in [0.15, 0.2) is 36.4 Å². The number of non-ortho nitro benzene ring substituents is 1. The predicted molar refractivity (Wildman–Crippen MR) is 78.4 cm³/mol. The summed E-state index contributed by atoms with van der Waals surface area (Å²) in [4.78, 5) is 10.3. The molecule has 0 aromatic heterocycles. The highest BCUT2D eigenvalue weighted by molar-refractivity contribution is 6.31. The maximum absolute atomic E-state index is 10.8. The lowest BCUT2D eigenvalue weighted by atomic mass is 10.1. The number of halogens is 1. The van der Waals surface area contributed by atoms with Crippen LogP contribution in [0.5, 0.6) is 5.75 Å². The molecule has 0 spiro atoms. The third-order valence-corrected chi connectivity index (χ3v) is 3.55. The van der Waals surface area contributed by atoms with Crippen molar-refractivity contribution in [2.75, 3.05) is 0 Å². The molecular formula is C15H14ClNO3. The average molecular weight is 292 g/mol. The lowest BCUT2D eigenvalue weighted by Crippen LogP contribution is -2.00. The molecular weight excluding hydrogens is 278 g/mol. The van der Waals surface area contributed by atoms with E-state index in [-0.39, 0.29) is 12.3 Å². The number of hydrogen-bond acceptors (Lipinski definition) is 3. The Bertz CT molecular complexity index is 656. The van der Waals surface area contributed by atoms with Crippen molar-refractivity contribution in [3.63, 3.8) is 0 Å². The molecule has 0 saturated carbocycles. The molecule has 2 rings (SSSR count). The second-order valence-corrected chi connectivity index (χ2v) is 4.93. The van der Waals surface area contributed by atoms with Crippen LogP contribution in [-0.2, 0) is 6.61 Å². The number of nitro benzene ring substituents is 1. The highest BCUT2D eigenvalue weighted by Crippen LogP contribution is 2.26. The molecule has 20 heavy (non-hydrogen) atoms. The summed E-state index contributed by atoms with van der Waals surface area (Å²) in [6.07, 6.45) is 0. The fourth-order valence-electron chi connectivity index (χ4n) is 1.82. The molecule has 0 aliphatic carbocycles. The van der Waals surface area contributed by atoms with Crippen LogP contribution >= 0.6 is 11.6 Å². The standard InChI is InChI=1S/C15H14ClNO3/c1-10-4-3-5-15(11(10)2)20-9-12-8-13(17(18)19)6-7-14(12)16/h3-8H,9H2,1-2H3. The molecule has 4 nitrogen and oxygen atoms in total. The van der Waals surface area contributed by atoms with E-state index in [1.54, 1.807) is 0 Å². The number of benzene rings is 2. The maximum atomic E-state index is 10.8. The molecule has 0 heterocycles. The number of aryl methyl sites for hydroxylation is 1. The van der Waals surface area contributed by atoms with Crippen LogP contribution in [0.3, 0.4) is 0 Å². The Labute approximate surface area is 122 Å². The van der Waals surface area contributed by atoms with Crippen LogP contribution in [0.2, 0.25) is 5.02 Å². The topological polar surface area (TPSA) is 52.4 Å². The van der Waals surface area contributed by atoms with Gasteiger partial charge in [0.1, 0.15) is 12.4 Å². The Morgan fingerprint density at radius 2 is 2.00 bits per heavy atom. The van der Waals surface area contributed by atoms with E-state index in [2.05, 4.69) is 0 Å². The summed E-state index contributed by atoms with van der Waals surface area (Å²) in [6.45, 7) is 4.17. The highest BCUT2D eigenvalue weighted by Gasteiger charge is 2.11. The Morgan fingerprint density at radius 3 is 2.70 bits per heavy atom. The molecule has 0 fully saturated rings. The van der Waals surface area contributed by atoms with Crippen molar-refractivity contribution in [2.45, 2.75) is 20.5 Å². The second-order valence-electron chi connectivity index (χ2n) is 4.52. The zero-order chi connectivity index (χ0) is 14.7. The van der Waals surface area contributed by atoms with Crippen LogP contribution in [0.1, 0.15) is 16.7 Å². The second kappa shape index (κ2) is 5.92. The van der Waals surface area contributed by atoms with Gasteiger partial charge in [-0.3, -0.25) is 10.1 Å². The molecule has 0 radical (unpaired) electrons. The van der Waals surface area contributed by atoms with E-state index in [1.807, 2.05) is 32.0 Å². The summed E-state index contributed by atoms with van der Waals surface area (Å²) in [7, 11) is 0. The average Bonchev–Trinajstić information content (AvgIpc) is 2.41. The first-order chi connectivity index (χ1) is 9.49. The van der Waals surface area contributed by atoms with Gasteiger partial charge in [0, 0.05) is 22.7 Å². The lowest BCUT2D eigenvalue weighted by Gasteiger charge is -2.11. The Balaban J connectivity index is 2.20. The number of rotatable bonds is 4. The van der Waals surface area contributed by atoms with Crippen molar-refractivity contribution >= 4 is 17.3 Å². The molecule has 2 aromatic rings. The van der Waals surface area contributed by atoms with Gasteiger partial charge in [-0.15, -0.1) is 0 Å². The molecule has 5 heteroatoms. The van der Waals surface area contributed by atoms with Gasteiger partial charge in [0.15, 0.2) is 0 Å². The van der Waals surface area contributed by atoms with Gasteiger partial charge < -0.3 is 4.74 Å². The third-order valence-electron chi connectivity index (χ3n) is 3.18. The molecule has 0 amide bonds. The number of nitrogens with zero attached hydrogens (tertiary/aromatic N) is 1. The van der Waals surface area contributed by atoms with E-state index >= 15 is 0 Å². The quantitative estimate of drug-likeness (QED) is 0.618. The summed E-state index contributed by atoms with van der Waals surface area (Å²) < 4.78 is 5.71. The van der Waals surface area contributed by atoms with E-state index in [9.17, 15) is 10.1 Å². The Hall–Kier alpha value is -2.07. The minimum Gasteiger partial charge on any atom is -0.489 e. The fourth-order valence-corrected chi connectivity index (χ4v) is 1.99. The van der Waals surface area contributed by atoms with Crippen molar-refractivity contribution in [3.8, 4) is 5.75 Å². The molecule has 0 saturated heterocycles. The summed E-state index contributed by atoms with van der Waals surface area (Å²) in [5.74, 6) is 0.757. The zero-order valence-corrected chi connectivity index (χ0v) is 12.0. The smallest absolute Gasteiger partial charge is 0.269 e. The Morgan fingerprint density at radius 1 is 1.25 bits per heavy atom.